The Labute approximate surface area is 134 Å². The van der Waals surface area contributed by atoms with Gasteiger partial charge in [0.05, 0.1) is 30.3 Å². The summed E-state index contributed by atoms with van der Waals surface area (Å²) < 4.78 is 0. The molecule has 0 unspecified atom stereocenters. The summed E-state index contributed by atoms with van der Waals surface area (Å²) in [5.74, 6) is -3.30. The van der Waals surface area contributed by atoms with Crippen molar-refractivity contribution in [1.82, 2.24) is 15.0 Å². The number of nitriles is 1. The molecule has 0 saturated carbocycles. The summed E-state index contributed by atoms with van der Waals surface area (Å²) in [6, 6.07) is 1.79. The third-order valence-corrected chi connectivity index (χ3v) is 4.40. The molecule has 0 bridgehead atoms. The molecule has 0 aromatic carbocycles. The molecule has 3 rings (SSSR count). The number of amides is 1. The molecule has 2 aliphatic heterocycles. The second-order valence-electron chi connectivity index (χ2n) is 5.11. The molecular formula is C13H11N5O4S. The second-order valence-corrected chi connectivity index (χ2v) is 6.00. The monoisotopic (exact) mass is 333 g/mol. The maximum atomic E-state index is 12.4. The lowest BCUT2D eigenvalue weighted by Crippen LogP contribution is -2.36. The first-order valence-electron chi connectivity index (χ1n) is 6.60. The number of carboxylic acids is 1. The van der Waals surface area contributed by atoms with Crippen LogP contribution in [0.4, 0.5) is 5.13 Å². The van der Waals surface area contributed by atoms with Crippen LogP contribution >= 0.6 is 11.3 Å². The number of thiazole rings is 1. The summed E-state index contributed by atoms with van der Waals surface area (Å²) in [5.41, 5.74) is 5.62. The van der Waals surface area contributed by atoms with Gasteiger partial charge in [0.25, 0.3) is 5.91 Å². The molecule has 1 atom stereocenters. The van der Waals surface area contributed by atoms with Gasteiger partial charge in [-0.05, 0) is 0 Å². The summed E-state index contributed by atoms with van der Waals surface area (Å²) in [4.78, 5) is 40.0. The average molecular weight is 333 g/mol. The van der Waals surface area contributed by atoms with E-state index < -0.39 is 17.8 Å². The molecule has 0 spiro atoms. The zero-order chi connectivity index (χ0) is 16.7. The molecule has 0 radical (unpaired) electrons. The number of rotatable bonds is 4. The van der Waals surface area contributed by atoms with Crippen molar-refractivity contribution in [2.45, 2.75) is 6.42 Å². The number of carbonyl (C=O) groups excluding carboxylic acids is 2. The Morgan fingerprint density at radius 2 is 2.30 bits per heavy atom. The van der Waals surface area contributed by atoms with Gasteiger partial charge in [0.1, 0.15) is 5.92 Å². The van der Waals surface area contributed by atoms with E-state index in [2.05, 4.69) is 4.98 Å². The normalized spacial score (nSPS) is 20.7. The van der Waals surface area contributed by atoms with Crippen LogP contribution in [0.15, 0.2) is 16.7 Å². The largest absolute Gasteiger partial charge is 0.476 e. The van der Waals surface area contributed by atoms with Crippen LogP contribution in [0.2, 0.25) is 0 Å². The van der Waals surface area contributed by atoms with Gasteiger partial charge < -0.3 is 10.8 Å². The average Bonchev–Trinajstić information content (AvgIpc) is 3.14. The Kier molecular flexibility index (Phi) is 3.59. The van der Waals surface area contributed by atoms with Crippen molar-refractivity contribution in [1.29, 1.82) is 5.26 Å². The number of hydrazine groups is 1. The molecule has 23 heavy (non-hydrogen) atoms. The lowest BCUT2D eigenvalue weighted by molar-refractivity contribution is -0.145. The summed E-state index contributed by atoms with van der Waals surface area (Å²) >= 11 is 1.20. The lowest BCUT2D eigenvalue weighted by Gasteiger charge is -2.19. The number of hydrogen-bond acceptors (Lipinski definition) is 8. The van der Waals surface area contributed by atoms with Crippen LogP contribution in [0.25, 0.3) is 0 Å². The van der Waals surface area contributed by atoms with E-state index >= 15 is 0 Å². The van der Waals surface area contributed by atoms with E-state index in [1.165, 1.54) is 16.3 Å². The molecular weight excluding hydrogens is 322 g/mol. The molecule has 3 heterocycles. The first-order chi connectivity index (χ1) is 10.9. The fourth-order valence-electron chi connectivity index (χ4n) is 2.68. The minimum absolute atomic E-state index is 0.00373. The number of Topliss-reactive ketones (excluding diaryl/α,β-unsaturated/α-hetero) is 1. The molecule has 9 nitrogen and oxygen atoms in total. The predicted molar refractivity (Wildman–Crippen MR) is 77.4 cm³/mol. The van der Waals surface area contributed by atoms with Crippen molar-refractivity contribution in [3.8, 4) is 6.07 Å². The van der Waals surface area contributed by atoms with Crippen LogP contribution in [-0.2, 0) is 20.8 Å². The van der Waals surface area contributed by atoms with Gasteiger partial charge in [-0.25, -0.2) is 19.8 Å². The van der Waals surface area contributed by atoms with E-state index in [9.17, 15) is 19.5 Å². The number of nitrogens with two attached hydrogens (primary N) is 1. The number of carbonyl (C=O) groups is 3. The van der Waals surface area contributed by atoms with Crippen LogP contribution in [0.1, 0.15) is 5.69 Å². The highest BCUT2D eigenvalue weighted by atomic mass is 32.1. The Bertz CT molecular complexity index is 793. The number of fused-ring (bicyclic) bond motifs is 1. The van der Waals surface area contributed by atoms with Gasteiger partial charge in [-0.1, -0.05) is 0 Å². The van der Waals surface area contributed by atoms with Crippen LogP contribution in [0.3, 0.4) is 0 Å². The summed E-state index contributed by atoms with van der Waals surface area (Å²) in [6.45, 7) is 0.0660. The van der Waals surface area contributed by atoms with Crippen molar-refractivity contribution in [3.05, 3.63) is 22.3 Å². The predicted octanol–water partition coefficient (Wildman–Crippen LogP) is -0.612. The lowest BCUT2D eigenvalue weighted by atomic mass is 10.00. The summed E-state index contributed by atoms with van der Waals surface area (Å²) in [7, 11) is 0. The third kappa shape index (κ3) is 2.45. The minimum atomic E-state index is -1.36. The van der Waals surface area contributed by atoms with E-state index in [1.807, 2.05) is 0 Å². The number of nitrogens with zero attached hydrogens (tertiary/aromatic N) is 4. The molecule has 1 fully saturated rings. The summed E-state index contributed by atoms with van der Waals surface area (Å²) in [5, 5.41) is 22.5. The minimum Gasteiger partial charge on any atom is -0.476 e. The smallest absolute Gasteiger partial charge is 0.355 e. The topological polar surface area (TPSA) is 141 Å². The first kappa shape index (κ1) is 15.1. The molecule has 1 aromatic rings. The maximum absolute atomic E-state index is 12.4. The van der Waals surface area contributed by atoms with E-state index in [1.54, 1.807) is 11.4 Å². The molecule has 118 valence electrons. The fraction of sp³-hybridized carbons (Fsp3) is 0.308. The van der Waals surface area contributed by atoms with Gasteiger partial charge in [-0.15, -0.1) is 11.3 Å². The third-order valence-electron chi connectivity index (χ3n) is 3.67. The van der Waals surface area contributed by atoms with Crippen molar-refractivity contribution < 1.29 is 19.5 Å². The van der Waals surface area contributed by atoms with Gasteiger partial charge in [-0.3, -0.25) is 9.59 Å². The van der Waals surface area contributed by atoms with Gasteiger partial charge in [0.2, 0.25) is 0 Å². The van der Waals surface area contributed by atoms with Gasteiger partial charge in [-0.2, -0.15) is 5.26 Å². The van der Waals surface area contributed by atoms with E-state index in [4.69, 9.17) is 11.0 Å². The number of hydrogen-bond donors (Lipinski definition) is 2. The Hall–Kier alpha value is -2.77. The number of carboxylic acid groups (broad SMARTS) is 1. The molecule has 1 aromatic heterocycles. The van der Waals surface area contributed by atoms with Crippen LogP contribution in [0.5, 0.6) is 0 Å². The molecule has 2 aliphatic rings. The van der Waals surface area contributed by atoms with E-state index in [0.29, 0.717) is 10.8 Å². The van der Waals surface area contributed by atoms with Crippen molar-refractivity contribution in [2.24, 2.45) is 5.92 Å². The molecule has 1 amide bonds. The van der Waals surface area contributed by atoms with Crippen LogP contribution < -0.4 is 5.73 Å². The Morgan fingerprint density at radius 1 is 1.57 bits per heavy atom. The highest BCUT2D eigenvalue weighted by Crippen LogP contribution is 2.32. The number of aliphatic carboxylic acids is 1. The SMILES string of the molecule is N#CC1=C(C(=O)O)N2C(=O)[C@H](C(=O)Cc3csc(N)n3)CN2C1. The van der Waals surface area contributed by atoms with Crippen molar-refractivity contribution in [2.75, 3.05) is 18.8 Å². The van der Waals surface area contributed by atoms with Gasteiger partial charge in [0.15, 0.2) is 16.6 Å². The van der Waals surface area contributed by atoms with Crippen LogP contribution in [-0.4, -0.2) is 50.9 Å². The van der Waals surface area contributed by atoms with Gasteiger partial charge in [0, 0.05) is 11.9 Å². The molecule has 1 saturated heterocycles. The molecule has 3 N–H and O–H groups in total. The van der Waals surface area contributed by atoms with Crippen LogP contribution in [0, 0.1) is 17.2 Å². The number of anilines is 1. The standard InChI is InChI=1S/C13H11N5O4S/c14-2-6-3-17-4-8(11(20)18(17)10(6)12(21)22)9(19)1-7-5-23-13(15)16-7/h5,8H,1,3-4H2,(H2,15,16)(H,21,22)/t8-/m0/s1. The Morgan fingerprint density at radius 3 is 2.87 bits per heavy atom. The van der Waals surface area contributed by atoms with E-state index in [0.717, 1.165) is 5.01 Å². The van der Waals surface area contributed by atoms with E-state index in [-0.39, 0.29) is 36.6 Å². The highest BCUT2D eigenvalue weighted by Gasteiger charge is 2.49. The second kappa shape index (κ2) is 5.45. The Balaban J connectivity index is 1.80. The fourth-order valence-corrected chi connectivity index (χ4v) is 3.25. The quantitative estimate of drug-likeness (QED) is 0.695. The van der Waals surface area contributed by atoms with Crippen molar-refractivity contribution in [3.63, 3.8) is 0 Å². The number of ketones is 1. The molecule has 0 aliphatic carbocycles. The molecule has 10 heteroatoms. The van der Waals surface area contributed by atoms with Crippen molar-refractivity contribution >= 4 is 34.1 Å². The number of nitrogen functional groups attached to an aromatic ring is 1. The zero-order valence-electron chi connectivity index (χ0n) is 11.7. The first-order valence-corrected chi connectivity index (χ1v) is 7.48. The van der Waals surface area contributed by atoms with Gasteiger partial charge >= 0.3 is 5.97 Å². The number of aromatic nitrogens is 1. The zero-order valence-corrected chi connectivity index (χ0v) is 12.5. The summed E-state index contributed by atoms with van der Waals surface area (Å²) in [6.07, 6.45) is -0.0387. The highest BCUT2D eigenvalue weighted by molar-refractivity contribution is 7.13. The maximum Gasteiger partial charge on any atom is 0.355 e.